The van der Waals surface area contributed by atoms with E-state index in [1.807, 2.05) is 58.9 Å². The molecule has 0 unspecified atom stereocenters. The molecular formula is C20H26N2O2. The van der Waals surface area contributed by atoms with Gasteiger partial charge in [-0.25, -0.2) is 0 Å². The van der Waals surface area contributed by atoms with Gasteiger partial charge in [-0.15, -0.1) is 0 Å². The third-order valence-electron chi connectivity index (χ3n) is 4.08. The number of hydrogen-bond acceptors (Lipinski definition) is 2. The molecule has 0 fully saturated rings. The number of nitrogens with one attached hydrogen (secondary N) is 1. The van der Waals surface area contributed by atoms with Crippen LogP contribution in [-0.2, 0) is 13.0 Å². The van der Waals surface area contributed by atoms with Gasteiger partial charge in [0, 0.05) is 11.7 Å². The lowest BCUT2D eigenvalue weighted by molar-refractivity contribution is 0.0941. The predicted molar refractivity (Wildman–Crippen MR) is 97.7 cm³/mol. The van der Waals surface area contributed by atoms with E-state index in [0.717, 1.165) is 23.2 Å². The van der Waals surface area contributed by atoms with Crippen molar-refractivity contribution in [3.05, 3.63) is 68.6 Å². The second-order valence-corrected chi connectivity index (χ2v) is 6.55. The summed E-state index contributed by atoms with van der Waals surface area (Å²) < 4.78 is 1.73. The standard InChI is InChI=1S/C20H26N2O2/c1-6-18-15(5)11-17(19(23)21-13(2)3)20(24)22(18)12-16-9-7-14(4)8-10-16/h7-11,13H,6,12H2,1-5H3,(H,21,23). The maximum atomic E-state index is 12.9. The number of aromatic nitrogens is 1. The number of hydrogen-bond donors (Lipinski definition) is 1. The average molecular weight is 326 g/mol. The Morgan fingerprint density at radius 2 is 1.79 bits per heavy atom. The van der Waals surface area contributed by atoms with E-state index >= 15 is 0 Å². The van der Waals surface area contributed by atoms with E-state index in [-0.39, 0.29) is 23.1 Å². The van der Waals surface area contributed by atoms with Crippen molar-refractivity contribution in [1.82, 2.24) is 9.88 Å². The van der Waals surface area contributed by atoms with Crippen LogP contribution in [0.2, 0.25) is 0 Å². The molecule has 1 aromatic heterocycles. The van der Waals surface area contributed by atoms with E-state index in [4.69, 9.17) is 0 Å². The number of carbonyl (C=O) groups is 1. The summed E-state index contributed by atoms with van der Waals surface area (Å²) >= 11 is 0. The minimum atomic E-state index is -0.307. The van der Waals surface area contributed by atoms with Crippen molar-refractivity contribution in [2.75, 3.05) is 0 Å². The molecule has 4 nitrogen and oxygen atoms in total. The van der Waals surface area contributed by atoms with Crippen molar-refractivity contribution < 1.29 is 4.79 Å². The summed E-state index contributed by atoms with van der Waals surface area (Å²) in [4.78, 5) is 25.2. The van der Waals surface area contributed by atoms with Crippen LogP contribution in [0.25, 0.3) is 0 Å². The molecule has 0 aliphatic heterocycles. The third kappa shape index (κ3) is 3.94. The zero-order valence-corrected chi connectivity index (χ0v) is 15.1. The highest BCUT2D eigenvalue weighted by Gasteiger charge is 2.17. The van der Waals surface area contributed by atoms with Crippen molar-refractivity contribution in [3.63, 3.8) is 0 Å². The molecule has 1 amide bonds. The minimum absolute atomic E-state index is 0.00592. The number of rotatable bonds is 5. The summed E-state index contributed by atoms with van der Waals surface area (Å²) in [7, 11) is 0. The highest BCUT2D eigenvalue weighted by atomic mass is 16.2. The van der Waals surface area contributed by atoms with E-state index in [2.05, 4.69) is 5.32 Å². The summed E-state index contributed by atoms with van der Waals surface area (Å²) in [6.07, 6.45) is 0.749. The lowest BCUT2D eigenvalue weighted by Crippen LogP contribution is -2.37. The first-order valence-electron chi connectivity index (χ1n) is 8.43. The van der Waals surface area contributed by atoms with Crippen LogP contribution in [0.4, 0.5) is 0 Å². The fourth-order valence-electron chi connectivity index (χ4n) is 2.86. The zero-order chi connectivity index (χ0) is 17.9. The van der Waals surface area contributed by atoms with E-state index in [0.29, 0.717) is 6.54 Å². The predicted octanol–water partition coefficient (Wildman–Crippen LogP) is 3.21. The quantitative estimate of drug-likeness (QED) is 0.917. The number of benzene rings is 1. The van der Waals surface area contributed by atoms with E-state index in [1.165, 1.54) is 5.56 Å². The van der Waals surface area contributed by atoms with Gasteiger partial charge in [0.15, 0.2) is 0 Å². The number of amides is 1. The maximum absolute atomic E-state index is 12.9. The summed E-state index contributed by atoms with van der Waals surface area (Å²) in [5.41, 5.74) is 4.17. The average Bonchev–Trinajstić information content (AvgIpc) is 2.52. The normalized spacial score (nSPS) is 10.9. The number of pyridine rings is 1. The molecule has 0 spiro atoms. The number of nitrogens with zero attached hydrogens (tertiary/aromatic N) is 1. The molecule has 4 heteroatoms. The van der Waals surface area contributed by atoms with Gasteiger partial charge >= 0.3 is 0 Å². The molecule has 0 radical (unpaired) electrons. The van der Waals surface area contributed by atoms with Crippen molar-refractivity contribution in [2.45, 2.75) is 53.6 Å². The van der Waals surface area contributed by atoms with Crippen LogP contribution >= 0.6 is 0 Å². The molecule has 0 atom stereocenters. The fraction of sp³-hybridized carbons (Fsp3) is 0.400. The molecule has 24 heavy (non-hydrogen) atoms. The molecule has 1 heterocycles. The van der Waals surface area contributed by atoms with Crippen molar-refractivity contribution in [2.24, 2.45) is 0 Å². The molecule has 0 bridgehead atoms. The van der Waals surface area contributed by atoms with E-state index in [9.17, 15) is 9.59 Å². The Morgan fingerprint density at radius 3 is 2.33 bits per heavy atom. The molecule has 1 N–H and O–H groups in total. The molecule has 2 rings (SSSR count). The molecule has 0 aliphatic carbocycles. The molecule has 0 saturated carbocycles. The topological polar surface area (TPSA) is 51.1 Å². The van der Waals surface area contributed by atoms with Crippen LogP contribution < -0.4 is 10.9 Å². The van der Waals surface area contributed by atoms with Crippen LogP contribution in [0, 0.1) is 13.8 Å². The van der Waals surface area contributed by atoms with E-state index in [1.54, 1.807) is 10.6 Å². The largest absolute Gasteiger partial charge is 0.350 e. The third-order valence-corrected chi connectivity index (χ3v) is 4.08. The van der Waals surface area contributed by atoms with Crippen molar-refractivity contribution in [1.29, 1.82) is 0 Å². The SMILES string of the molecule is CCc1c(C)cc(C(=O)NC(C)C)c(=O)n1Cc1ccc(C)cc1. The highest BCUT2D eigenvalue weighted by molar-refractivity contribution is 5.94. The van der Waals surface area contributed by atoms with Gasteiger partial charge in [-0.3, -0.25) is 9.59 Å². The first-order valence-corrected chi connectivity index (χ1v) is 8.43. The van der Waals surface area contributed by atoms with Crippen LogP contribution in [0.3, 0.4) is 0 Å². The molecule has 0 saturated heterocycles. The molecule has 1 aromatic carbocycles. The second-order valence-electron chi connectivity index (χ2n) is 6.55. The molecule has 0 aliphatic rings. The monoisotopic (exact) mass is 326 g/mol. The maximum Gasteiger partial charge on any atom is 0.263 e. The summed E-state index contributed by atoms with van der Waals surface area (Å²) in [5, 5.41) is 2.81. The van der Waals surface area contributed by atoms with Gasteiger partial charge in [-0.05, 0) is 51.3 Å². The summed E-state index contributed by atoms with van der Waals surface area (Å²) in [6, 6.07) is 9.83. The Kier molecular flexibility index (Phi) is 5.60. The Morgan fingerprint density at radius 1 is 1.17 bits per heavy atom. The molecule has 2 aromatic rings. The Hall–Kier alpha value is -2.36. The summed E-state index contributed by atoms with van der Waals surface area (Å²) in [5.74, 6) is -0.307. The number of carbonyl (C=O) groups excluding carboxylic acids is 1. The van der Waals surface area contributed by atoms with Gasteiger partial charge in [0.05, 0.1) is 6.54 Å². The Balaban J connectivity index is 2.51. The highest BCUT2D eigenvalue weighted by Crippen LogP contribution is 2.12. The van der Waals surface area contributed by atoms with Crippen LogP contribution in [0.5, 0.6) is 0 Å². The smallest absolute Gasteiger partial charge is 0.263 e. The first kappa shape index (κ1) is 18.0. The summed E-state index contributed by atoms with van der Waals surface area (Å²) in [6.45, 7) is 10.3. The van der Waals surface area contributed by atoms with Crippen LogP contribution in [0.1, 0.15) is 53.5 Å². The fourth-order valence-corrected chi connectivity index (χ4v) is 2.86. The van der Waals surface area contributed by atoms with Crippen LogP contribution in [0.15, 0.2) is 35.1 Å². The van der Waals surface area contributed by atoms with Gasteiger partial charge in [-0.2, -0.15) is 0 Å². The van der Waals surface area contributed by atoms with Gasteiger partial charge in [0.1, 0.15) is 5.56 Å². The zero-order valence-electron chi connectivity index (χ0n) is 15.1. The van der Waals surface area contributed by atoms with E-state index < -0.39 is 0 Å². The minimum Gasteiger partial charge on any atom is -0.350 e. The second kappa shape index (κ2) is 7.47. The Bertz CT molecular complexity index is 787. The van der Waals surface area contributed by atoms with Crippen LogP contribution in [-0.4, -0.2) is 16.5 Å². The lowest BCUT2D eigenvalue weighted by Gasteiger charge is -2.17. The lowest BCUT2D eigenvalue weighted by atomic mass is 10.1. The first-order chi connectivity index (χ1) is 11.3. The van der Waals surface area contributed by atoms with Crippen molar-refractivity contribution >= 4 is 5.91 Å². The molecule has 128 valence electrons. The molecular weight excluding hydrogens is 300 g/mol. The number of aryl methyl sites for hydroxylation is 2. The van der Waals surface area contributed by atoms with Crippen molar-refractivity contribution in [3.8, 4) is 0 Å². The Labute approximate surface area is 143 Å². The van der Waals surface area contributed by atoms with Gasteiger partial charge < -0.3 is 9.88 Å². The van der Waals surface area contributed by atoms with Gasteiger partial charge in [0.25, 0.3) is 11.5 Å². The van der Waals surface area contributed by atoms with Gasteiger partial charge in [-0.1, -0.05) is 36.8 Å². The van der Waals surface area contributed by atoms with Gasteiger partial charge in [0.2, 0.25) is 0 Å².